The molecule has 0 spiro atoms. The predicted octanol–water partition coefficient (Wildman–Crippen LogP) is 16.4. The van der Waals surface area contributed by atoms with Crippen LogP contribution >= 0.6 is 11.3 Å². The Morgan fingerprint density at radius 2 is 1.00 bits per heavy atom. The second-order valence-corrected chi connectivity index (χ2v) is 15.0. The van der Waals surface area contributed by atoms with Crippen molar-refractivity contribution < 1.29 is 0 Å². The van der Waals surface area contributed by atoms with Crippen molar-refractivity contribution in [3.05, 3.63) is 189 Å². The first-order valence-electron chi connectivity index (χ1n) is 19.4. The van der Waals surface area contributed by atoms with Crippen molar-refractivity contribution in [3.8, 4) is 44.5 Å². The van der Waals surface area contributed by atoms with Crippen LogP contribution in [0.4, 0.5) is 0 Å². The number of benzene rings is 9. The second-order valence-electron chi connectivity index (χ2n) is 13.9. The average Bonchev–Trinajstić information content (AvgIpc) is 3.65. The third kappa shape index (κ3) is 6.00. The summed E-state index contributed by atoms with van der Waals surface area (Å²) >= 11 is 1.89. The number of thiophene rings is 1. The van der Waals surface area contributed by atoms with Gasteiger partial charge in [0.25, 0.3) is 0 Å². The van der Waals surface area contributed by atoms with Gasteiger partial charge < -0.3 is 0 Å². The Morgan fingerprint density at radius 3 is 1.68 bits per heavy atom. The number of rotatable bonds is 4. The highest BCUT2D eigenvalue weighted by molar-refractivity contribution is 7.26. The highest BCUT2D eigenvalue weighted by atomic mass is 32.1. The number of pyridine rings is 1. The van der Waals surface area contributed by atoms with E-state index in [2.05, 4.69) is 175 Å². The highest BCUT2D eigenvalue weighted by Gasteiger charge is 2.17. The van der Waals surface area contributed by atoms with Gasteiger partial charge in [-0.1, -0.05) is 159 Å². The van der Waals surface area contributed by atoms with Crippen LogP contribution in [0.2, 0.25) is 0 Å². The van der Waals surface area contributed by atoms with Gasteiger partial charge in [0.2, 0.25) is 0 Å². The van der Waals surface area contributed by atoms with E-state index in [1.54, 1.807) is 6.08 Å². The smallest absolute Gasteiger partial charge is 0.0702 e. The number of aromatic nitrogens is 1. The Labute approximate surface area is 332 Å². The van der Waals surface area contributed by atoms with Crippen molar-refractivity contribution in [2.75, 3.05) is 0 Å². The molecule has 11 rings (SSSR count). The lowest BCUT2D eigenvalue weighted by Gasteiger charge is -2.18. The molecule has 0 fully saturated rings. The maximum absolute atomic E-state index is 4.51. The average molecular weight is 736 g/mol. The lowest BCUT2D eigenvalue weighted by atomic mass is 9.85. The Bertz CT molecular complexity index is 3150. The lowest BCUT2D eigenvalue weighted by molar-refractivity contribution is 1.41. The molecule has 9 aromatic carbocycles. The minimum Gasteiger partial charge on any atom is -0.256 e. The molecule has 11 aromatic rings. The zero-order chi connectivity index (χ0) is 38.2. The van der Waals surface area contributed by atoms with Gasteiger partial charge in [0.15, 0.2) is 0 Å². The Kier molecular flexibility index (Phi) is 9.35. The van der Waals surface area contributed by atoms with E-state index in [-0.39, 0.29) is 0 Å². The number of hydrogen-bond donors (Lipinski definition) is 0. The zero-order valence-corrected chi connectivity index (χ0v) is 32.7. The number of nitrogens with zero attached hydrogens (tertiary/aromatic N) is 1. The molecule has 0 bridgehead atoms. The number of fused-ring (bicyclic) bond motifs is 4. The van der Waals surface area contributed by atoms with Gasteiger partial charge in [-0.3, -0.25) is 4.98 Å². The zero-order valence-electron chi connectivity index (χ0n) is 31.9. The summed E-state index contributed by atoms with van der Waals surface area (Å²) < 4.78 is 2.68. The van der Waals surface area contributed by atoms with Crippen molar-refractivity contribution in [3.63, 3.8) is 0 Å². The summed E-state index contributed by atoms with van der Waals surface area (Å²) in [5.41, 5.74) is 10.9. The van der Waals surface area contributed by atoms with E-state index in [1.807, 2.05) is 44.4 Å². The van der Waals surface area contributed by atoms with E-state index >= 15 is 0 Å². The van der Waals surface area contributed by atoms with Gasteiger partial charge in [-0.2, -0.15) is 0 Å². The first kappa shape index (κ1) is 35.1. The molecule has 0 saturated carbocycles. The third-order valence-corrected chi connectivity index (χ3v) is 11.9. The largest absolute Gasteiger partial charge is 0.256 e. The van der Waals surface area contributed by atoms with Gasteiger partial charge in [0.05, 0.1) is 5.52 Å². The van der Waals surface area contributed by atoms with Gasteiger partial charge >= 0.3 is 0 Å². The molecular weight excluding hydrogens is 695 g/mol. The van der Waals surface area contributed by atoms with E-state index in [9.17, 15) is 0 Å². The minimum atomic E-state index is 1.02. The summed E-state index contributed by atoms with van der Waals surface area (Å²) in [6, 6.07) is 62.7. The molecule has 0 aliphatic rings. The summed E-state index contributed by atoms with van der Waals surface area (Å²) in [6.07, 6.45) is 3.60. The Hall–Kier alpha value is -6.61. The van der Waals surface area contributed by atoms with Crippen LogP contribution in [0.5, 0.6) is 0 Å². The maximum atomic E-state index is 4.51. The Morgan fingerprint density at radius 1 is 0.446 bits per heavy atom. The molecule has 2 aromatic heterocycles. The normalized spacial score (nSPS) is 11.2. The fourth-order valence-electron chi connectivity index (χ4n) is 8.21. The minimum absolute atomic E-state index is 1.02. The van der Waals surface area contributed by atoms with Crippen LogP contribution in [-0.4, -0.2) is 4.98 Å². The molecule has 2 heterocycles. The molecule has 0 atom stereocenters. The van der Waals surface area contributed by atoms with Crippen molar-refractivity contribution in [2.24, 2.45) is 0 Å². The molecule has 268 valence electrons. The standard InChI is InChI=1S/C49H29NS.C3H6.C2H6/c1-2-12-46-39(9-1)42-11-4-10-38(49(42)51-46)31-17-19-33(20-18-31)44-29-43(40-24-21-34-6-3-7-35-22-25-41(44)48(40)47(34)35)32-15-13-30(14-16-32)36-23-26-45-37(28-36)8-5-27-50-45;1-3-2;1-2/h1-29H;3H,1H2,2H3;1-2H3. The third-order valence-electron chi connectivity index (χ3n) is 10.7. The SMILES string of the molecule is C=CC.CC.c1cnc2ccc(-c3ccc(-c4cc(-c5ccc(-c6cccc7c6sc6ccccc67)cc5)c5ccc6cccc7ccc4c5c76)cc3)cc2c1. The van der Waals surface area contributed by atoms with Gasteiger partial charge in [-0.25, -0.2) is 0 Å². The maximum Gasteiger partial charge on any atom is 0.0702 e. The molecule has 1 nitrogen and oxygen atoms in total. The fraction of sp³-hybridized carbons (Fsp3) is 0.0556. The van der Waals surface area contributed by atoms with Crippen LogP contribution in [0.1, 0.15) is 20.8 Å². The number of hydrogen-bond acceptors (Lipinski definition) is 2. The van der Waals surface area contributed by atoms with Crippen molar-refractivity contribution >= 4 is 74.7 Å². The van der Waals surface area contributed by atoms with E-state index in [1.165, 1.54) is 97.0 Å². The molecule has 0 amide bonds. The van der Waals surface area contributed by atoms with Crippen molar-refractivity contribution in [1.82, 2.24) is 4.98 Å². The highest BCUT2D eigenvalue weighted by Crippen LogP contribution is 2.45. The van der Waals surface area contributed by atoms with Gasteiger partial charge in [0, 0.05) is 31.8 Å². The van der Waals surface area contributed by atoms with Gasteiger partial charge in [-0.15, -0.1) is 17.9 Å². The second kappa shape index (κ2) is 14.9. The molecule has 0 aliphatic carbocycles. The molecule has 0 radical (unpaired) electrons. The monoisotopic (exact) mass is 735 g/mol. The first-order valence-corrected chi connectivity index (χ1v) is 20.2. The summed E-state index contributed by atoms with van der Waals surface area (Å²) in [5.74, 6) is 0. The Balaban J connectivity index is 0.000000784. The summed E-state index contributed by atoms with van der Waals surface area (Å²) in [6.45, 7) is 9.25. The van der Waals surface area contributed by atoms with Crippen LogP contribution in [0.15, 0.2) is 189 Å². The molecule has 0 N–H and O–H groups in total. The molecule has 2 heteroatoms. The van der Waals surface area contributed by atoms with Gasteiger partial charge in [0.1, 0.15) is 0 Å². The first-order chi connectivity index (χ1) is 27.7. The summed E-state index contributed by atoms with van der Waals surface area (Å²) in [5, 5.41) is 11.6. The topological polar surface area (TPSA) is 12.9 Å². The summed E-state index contributed by atoms with van der Waals surface area (Å²) in [7, 11) is 0. The fourth-order valence-corrected chi connectivity index (χ4v) is 9.45. The van der Waals surface area contributed by atoms with E-state index < -0.39 is 0 Å². The van der Waals surface area contributed by atoms with Gasteiger partial charge in [-0.05, 0) is 114 Å². The van der Waals surface area contributed by atoms with Crippen molar-refractivity contribution in [2.45, 2.75) is 20.8 Å². The van der Waals surface area contributed by atoms with E-state index in [0.29, 0.717) is 0 Å². The predicted molar refractivity (Wildman–Crippen MR) is 247 cm³/mol. The molecule has 0 aliphatic heterocycles. The molecule has 0 saturated heterocycles. The van der Waals surface area contributed by atoms with Crippen molar-refractivity contribution in [1.29, 1.82) is 0 Å². The van der Waals surface area contributed by atoms with Crippen LogP contribution in [0, 0.1) is 0 Å². The van der Waals surface area contributed by atoms with E-state index in [4.69, 9.17) is 0 Å². The quantitative estimate of drug-likeness (QED) is 0.130. The van der Waals surface area contributed by atoms with Crippen LogP contribution < -0.4 is 0 Å². The molecule has 0 unspecified atom stereocenters. The number of allylic oxidation sites excluding steroid dienone is 1. The van der Waals surface area contributed by atoms with Crippen LogP contribution in [0.25, 0.3) is 108 Å². The van der Waals surface area contributed by atoms with Crippen LogP contribution in [0.3, 0.4) is 0 Å². The lowest BCUT2D eigenvalue weighted by Crippen LogP contribution is -1.91. The van der Waals surface area contributed by atoms with Crippen LogP contribution in [-0.2, 0) is 0 Å². The molecule has 56 heavy (non-hydrogen) atoms. The van der Waals surface area contributed by atoms with E-state index in [0.717, 1.165) is 10.9 Å². The molecular formula is C54H41NS. The summed E-state index contributed by atoms with van der Waals surface area (Å²) in [4.78, 5) is 4.51.